The summed E-state index contributed by atoms with van der Waals surface area (Å²) >= 11 is 0. The van der Waals surface area contributed by atoms with E-state index in [0.29, 0.717) is 38.6 Å². The summed E-state index contributed by atoms with van der Waals surface area (Å²) in [5.74, 6) is 0.500. The molecule has 1 saturated heterocycles. The number of carbonyl (C=O) groups is 2. The van der Waals surface area contributed by atoms with Crippen LogP contribution in [-0.2, 0) is 14.3 Å². The number of piperidine rings is 1. The van der Waals surface area contributed by atoms with Crippen molar-refractivity contribution in [3.63, 3.8) is 0 Å². The molecule has 6 heteroatoms. The molecule has 0 bridgehead atoms. The van der Waals surface area contributed by atoms with Crippen LogP contribution in [0, 0.1) is 5.92 Å². The SMILES string of the molecule is CC(C)COCCC(=O)NC1CCN(C(=O)OC(C)(C)C)CC1. The van der Waals surface area contributed by atoms with Crippen LogP contribution < -0.4 is 5.32 Å². The van der Waals surface area contributed by atoms with E-state index in [1.165, 1.54) is 0 Å². The van der Waals surface area contributed by atoms with Crippen molar-refractivity contribution in [2.24, 2.45) is 5.92 Å². The van der Waals surface area contributed by atoms with Crippen LogP contribution in [0.5, 0.6) is 0 Å². The molecule has 0 radical (unpaired) electrons. The fourth-order valence-electron chi connectivity index (χ4n) is 2.32. The molecule has 0 unspecified atom stereocenters. The van der Waals surface area contributed by atoms with Crippen molar-refractivity contribution in [2.75, 3.05) is 26.3 Å². The van der Waals surface area contributed by atoms with Crippen LogP contribution >= 0.6 is 0 Å². The van der Waals surface area contributed by atoms with Gasteiger partial charge in [0, 0.05) is 32.2 Å². The van der Waals surface area contributed by atoms with E-state index in [9.17, 15) is 9.59 Å². The Labute approximate surface area is 139 Å². The normalized spacial score (nSPS) is 16.5. The minimum absolute atomic E-state index is 0.0180. The summed E-state index contributed by atoms with van der Waals surface area (Å²) in [6, 6.07) is 0.131. The first-order chi connectivity index (χ1) is 10.7. The third kappa shape index (κ3) is 8.79. The van der Waals surface area contributed by atoms with Crippen molar-refractivity contribution in [1.82, 2.24) is 10.2 Å². The molecule has 1 heterocycles. The first kappa shape index (κ1) is 19.7. The zero-order valence-electron chi connectivity index (χ0n) is 15.2. The molecule has 0 spiro atoms. The van der Waals surface area contributed by atoms with Gasteiger partial charge in [0.15, 0.2) is 0 Å². The second-order valence-corrected chi connectivity index (χ2v) is 7.53. The first-order valence-corrected chi connectivity index (χ1v) is 8.52. The highest BCUT2D eigenvalue weighted by Gasteiger charge is 2.27. The molecule has 134 valence electrons. The maximum absolute atomic E-state index is 12.0. The fraction of sp³-hybridized carbons (Fsp3) is 0.882. The number of hydrogen-bond acceptors (Lipinski definition) is 4. The van der Waals surface area contributed by atoms with Crippen LogP contribution in [0.25, 0.3) is 0 Å². The Morgan fingerprint density at radius 2 is 1.83 bits per heavy atom. The van der Waals surface area contributed by atoms with Crippen molar-refractivity contribution in [3.05, 3.63) is 0 Å². The van der Waals surface area contributed by atoms with Gasteiger partial charge in [-0.1, -0.05) is 13.8 Å². The molecule has 0 atom stereocenters. The molecule has 1 aliphatic heterocycles. The van der Waals surface area contributed by atoms with E-state index in [4.69, 9.17) is 9.47 Å². The first-order valence-electron chi connectivity index (χ1n) is 8.52. The number of rotatable bonds is 6. The van der Waals surface area contributed by atoms with E-state index < -0.39 is 5.60 Å². The standard InChI is InChI=1S/C17H32N2O4/c1-13(2)12-22-11-8-15(20)18-14-6-9-19(10-7-14)16(21)23-17(3,4)5/h13-14H,6-12H2,1-5H3,(H,18,20). The maximum Gasteiger partial charge on any atom is 0.410 e. The summed E-state index contributed by atoms with van der Waals surface area (Å²) in [5, 5.41) is 3.02. The topological polar surface area (TPSA) is 67.9 Å². The molecule has 2 amide bonds. The van der Waals surface area contributed by atoms with Gasteiger partial charge < -0.3 is 19.7 Å². The summed E-state index contributed by atoms with van der Waals surface area (Å²) in [4.78, 5) is 25.5. The molecule has 23 heavy (non-hydrogen) atoms. The Bertz CT molecular complexity index is 383. The van der Waals surface area contributed by atoms with Crippen molar-refractivity contribution in [1.29, 1.82) is 0 Å². The molecule has 1 N–H and O–H groups in total. The molecule has 0 aromatic rings. The molecule has 0 aromatic carbocycles. The lowest BCUT2D eigenvalue weighted by molar-refractivity contribution is -0.123. The minimum atomic E-state index is -0.474. The third-order valence-electron chi connectivity index (χ3n) is 3.44. The highest BCUT2D eigenvalue weighted by Crippen LogP contribution is 2.15. The van der Waals surface area contributed by atoms with Crippen LogP contribution in [0.2, 0.25) is 0 Å². The minimum Gasteiger partial charge on any atom is -0.444 e. The molecular weight excluding hydrogens is 296 g/mol. The molecule has 1 rings (SSSR count). The molecule has 0 saturated carbocycles. The smallest absolute Gasteiger partial charge is 0.410 e. The Hall–Kier alpha value is -1.30. The van der Waals surface area contributed by atoms with Crippen molar-refractivity contribution >= 4 is 12.0 Å². The molecular formula is C17H32N2O4. The van der Waals surface area contributed by atoms with Crippen LogP contribution in [-0.4, -0.2) is 54.8 Å². The largest absolute Gasteiger partial charge is 0.444 e. The van der Waals surface area contributed by atoms with E-state index in [1.807, 2.05) is 20.8 Å². The highest BCUT2D eigenvalue weighted by atomic mass is 16.6. The van der Waals surface area contributed by atoms with Crippen LogP contribution in [0.4, 0.5) is 4.79 Å². The Morgan fingerprint density at radius 3 is 2.35 bits per heavy atom. The molecule has 6 nitrogen and oxygen atoms in total. The van der Waals surface area contributed by atoms with E-state index in [0.717, 1.165) is 12.8 Å². The zero-order chi connectivity index (χ0) is 17.5. The molecule has 0 aliphatic carbocycles. The van der Waals surface area contributed by atoms with Gasteiger partial charge in [-0.15, -0.1) is 0 Å². The molecule has 0 aromatic heterocycles. The lowest BCUT2D eigenvalue weighted by Gasteiger charge is -2.33. The second kappa shape index (κ2) is 9.11. The van der Waals surface area contributed by atoms with Gasteiger partial charge in [-0.3, -0.25) is 4.79 Å². The Morgan fingerprint density at radius 1 is 1.22 bits per heavy atom. The second-order valence-electron chi connectivity index (χ2n) is 7.53. The fourth-order valence-corrected chi connectivity index (χ4v) is 2.32. The van der Waals surface area contributed by atoms with E-state index in [1.54, 1.807) is 4.90 Å². The summed E-state index contributed by atoms with van der Waals surface area (Å²) in [7, 11) is 0. The van der Waals surface area contributed by atoms with Gasteiger partial charge >= 0.3 is 6.09 Å². The summed E-state index contributed by atoms with van der Waals surface area (Å²) in [5.41, 5.74) is -0.474. The lowest BCUT2D eigenvalue weighted by Crippen LogP contribution is -2.47. The van der Waals surface area contributed by atoms with Gasteiger partial charge in [0.25, 0.3) is 0 Å². The number of amides is 2. The van der Waals surface area contributed by atoms with Gasteiger partial charge in [-0.25, -0.2) is 4.79 Å². The summed E-state index contributed by atoms with van der Waals surface area (Å²) < 4.78 is 10.8. The van der Waals surface area contributed by atoms with Crippen molar-refractivity contribution in [3.8, 4) is 0 Å². The van der Waals surface area contributed by atoms with Gasteiger partial charge in [0.1, 0.15) is 5.60 Å². The summed E-state index contributed by atoms with van der Waals surface area (Å²) in [6.07, 6.45) is 1.64. The predicted octanol–water partition coefficient (Wildman–Crippen LogP) is 2.56. The zero-order valence-corrected chi connectivity index (χ0v) is 15.2. The van der Waals surface area contributed by atoms with Crippen molar-refractivity contribution < 1.29 is 19.1 Å². The number of nitrogens with one attached hydrogen (secondary N) is 1. The van der Waals surface area contributed by atoms with E-state index >= 15 is 0 Å². The van der Waals surface area contributed by atoms with Crippen LogP contribution in [0.1, 0.15) is 53.9 Å². The highest BCUT2D eigenvalue weighted by molar-refractivity contribution is 5.76. The Balaban J connectivity index is 2.20. The van der Waals surface area contributed by atoms with Gasteiger partial charge in [-0.05, 0) is 39.5 Å². The monoisotopic (exact) mass is 328 g/mol. The number of hydrogen-bond donors (Lipinski definition) is 1. The summed E-state index contributed by atoms with van der Waals surface area (Å²) in [6.45, 7) is 12.1. The Kier molecular flexibility index (Phi) is 7.82. The van der Waals surface area contributed by atoms with Crippen LogP contribution in [0.3, 0.4) is 0 Å². The maximum atomic E-state index is 12.0. The number of nitrogens with zero attached hydrogens (tertiary/aromatic N) is 1. The number of carbonyl (C=O) groups excluding carboxylic acids is 2. The third-order valence-corrected chi connectivity index (χ3v) is 3.44. The average molecular weight is 328 g/mol. The van der Waals surface area contributed by atoms with E-state index in [2.05, 4.69) is 19.2 Å². The number of ether oxygens (including phenoxy) is 2. The lowest BCUT2D eigenvalue weighted by atomic mass is 10.1. The predicted molar refractivity (Wildman–Crippen MR) is 89.2 cm³/mol. The van der Waals surface area contributed by atoms with Crippen molar-refractivity contribution in [2.45, 2.75) is 65.5 Å². The average Bonchev–Trinajstić information content (AvgIpc) is 2.42. The van der Waals surface area contributed by atoms with Crippen LogP contribution in [0.15, 0.2) is 0 Å². The molecule has 1 aliphatic rings. The van der Waals surface area contributed by atoms with Gasteiger partial charge in [-0.2, -0.15) is 0 Å². The quantitative estimate of drug-likeness (QED) is 0.761. The van der Waals surface area contributed by atoms with E-state index in [-0.39, 0.29) is 18.0 Å². The van der Waals surface area contributed by atoms with Gasteiger partial charge in [0.05, 0.1) is 6.61 Å². The number of likely N-dealkylation sites (tertiary alicyclic amines) is 1. The molecule has 1 fully saturated rings. The van der Waals surface area contributed by atoms with Gasteiger partial charge in [0.2, 0.25) is 5.91 Å².